The molecule has 1 saturated carbocycles. The molecule has 0 amide bonds. The maximum absolute atomic E-state index is 3.25. The maximum atomic E-state index is 3.25. The molecule has 1 aliphatic carbocycles. The summed E-state index contributed by atoms with van der Waals surface area (Å²) < 4.78 is 0. The zero-order valence-electron chi connectivity index (χ0n) is 11.6. The number of nitrogens with one attached hydrogen (secondary N) is 1. The van der Waals surface area contributed by atoms with Crippen LogP contribution in [0.15, 0.2) is 12.1 Å². The van der Waals surface area contributed by atoms with Gasteiger partial charge in [-0.2, -0.15) is 0 Å². The van der Waals surface area contributed by atoms with Gasteiger partial charge < -0.3 is 5.32 Å². The molecule has 1 fully saturated rings. The first-order valence-electron chi connectivity index (χ1n) is 6.84. The fourth-order valence-electron chi connectivity index (χ4n) is 3.39. The highest BCUT2D eigenvalue weighted by Crippen LogP contribution is 2.45. The van der Waals surface area contributed by atoms with Crippen molar-refractivity contribution in [2.24, 2.45) is 5.92 Å². The van der Waals surface area contributed by atoms with Crippen molar-refractivity contribution < 1.29 is 0 Å². The van der Waals surface area contributed by atoms with Crippen LogP contribution >= 0.6 is 0 Å². The van der Waals surface area contributed by atoms with Gasteiger partial charge in [-0.1, -0.05) is 17.7 Å². The van der Waals surface area contributed by atoms with Gasteiger partial charge in [0.25, 0.3) is 0 Å². The quantitative estimate of drug-likeness (QED) is 0.833. The molecule has 0 unspecified atom stereocenters. The molecule has 0 aliphatic heterocycles. The van der Waals surface area contributed by atoms with E-state index in [4.69, 9.17) is 0 Å². The van der Waals surface area contributed by atoms with E-state index in [0.29, 0.717) is 0 Å². The average molecular weight is 231 g/mol. The molecule has 1 aromatic rings. The highest BCUT2D eigenvalue weighted by atomic mass is 14.8. The number of aryl methyl sites for hydroxylation is 3. The Labute approximate surface area is 106 Å². The van der Waals surface area contributed by atoms with E-state index >= 15 is 0 Å². The van der Waals surface area contributed by atoms with Crippen molar-refractivity contribution in [2.75, 3.05) is 13.6 Å². The molecule has 2 rings (SSSR count). The Morgan fingerprint density at radius 1 is 1.12 bits per heavy atom. The van der Waals surface area contributed by atoms with Crippen LogP contribution in [0.4, 0.5) is 0 Å². The minimum Gasteiger partial charge on any atom is -0.320 e. The van der Waals surface area contributed by atoms with Crippen molar-refractivity contribution in [1.29, 1.82) is 0 Å². The van der Waals surface area contributed by atoms with E-state index in [9.17, 15) is 0 Å². The van der Waals surface area contributed by atoms with Crippen molar-refractivity contribution in [3.05, 3.63) is 34.4 Å². The fraction of sp³-hybridized carbons (Fsp3) is 0.625. The third-order valence-electron chi connectivity index (χ3n) is 4.18. The second-order valence-electron chi connectivity index (χ2n) is 5.74. The minimum absolute atomic E-state index is 0.831. The lowest BCUT2D eigenvalue weighted by Gasteiger charge is -2.37. The van der Waals surface area contributed by atoms with Gasteiger partial charge >= 0.3 is 0 Å². The highest BCUT2D eigenvalue weighted by molar-refractivity contribution is 5.40. The van der Waals surface area contributed by atoms with Gasteiger partial charge in [-0.15, -0.1) is 0 Å². The SMILES string of the molecule is CNCCC1CC(c2c(C)cc(C)cc2C)C1. The first kappa shape index (κ1) is 12.6. The molecule has 1 aliphatic rings. The molecular weight excluding hydrogens is 206 g/mol. The van der Waals surface area contributed by atoms with Crippen LogP contribution in [0.25, 0.3) is 0 Å². The van der Waals surface area contributed by atoms with Gasteiger partial charge in [0, 0.05) is 0 Å². The summed E-state index contributed by atoms with van der Waals surface area (Å²) in [7, 11) is 2.05. The van der Waals surface area contributed by atoms with Gasteiger partial charge in [0.15, 0.2) is 0 Å². The topological polar surface area (TPSA) is 12.0 Å². The van der Waals surface area contributed by atoms with Crippen LogP contribution in [0.5, 0.6) is 0 Å². The molecule has 0 bridgehead atoms. The standard InChI is InChI=1S/C16H25N/c1-11-7-12(2)16(13(3)8-11)15-9-14(10-15)5-6-17-4/h7-8,14-15,17H,5-6,9-10H2,1-4H3. The molecule has 1 N–H and O–H groups in total. The number of hydrogen-bond acceptors (Lipinski definition) is 1. The normalized spacial score (nSPS) is 23.5. The van der Waals surface area contributed by atoms with Gasteiger partial charge in [0.1, 0.15) is 0 Å². The molecule has 0 aromatic heterocycles. The van der Waals surface area contributed by atoms with E-state index < -0.39 is 0 Å². The Bertz CT molecular complexity index is 366. The molecule has 1 nitrogen and oxygen atoms in total. The molecule has 0 heterocycles. The average Bonchev–Trinajstić information content (AvgIpc) is 2.18. The summed E-state index contributed by atoms with van der Waals surface area (Å²) in [5.41, 5.74) is 6.03. The maximum Gasteiger partial charge on any atom is -0.00493 e. The van der Waals surface area contributed by atoms with E-state index in [1.54, 1.807) is 5.56 Å². The summed E-state index contributed by atoms with van der Waals surface area (Å²) in [5.74, 6) is 1.78. The summed E-state index contributed by atoms with van der Waals surface area (Å²) in [6, 6.07) is 4.67. The predicted molar refractivity (Wildman–Crippen MR) is 74.7 cm³/mol. The van der Waals surface area contributed by atoms with E-state index in [1.807, 2.05) is 7.05 Å². The molecule has 0 saturated heterocycles. The Morgan fingerprint density at radius 3 is 2.24 bits per heavy atom. The zero-order valence-corrected chi connectivity index (χ0v) is 11.6. The number of hydrogen-bond donors (Lipinski definition) is 1. The van der Waals surface area contributed by atoms with E-state index in [0.717, 1.165) is 11.8 Å². The van der Waals surface area contributed by atoms with Crippen molar-refractivity contribution in [1.82, 2.24) is 5.32 Å². The third-order valence-corrected chi connectivity index (χ3v) is 4.18. The van der Waals surface area contributed by atoms with Crippen molar-refractivity contribution in [3.8, 4) is 0 Å². The van der Waals surface area contributed by atoms with Gasteiger partial charge in [-0.25, -0.2) is 0 Å². The zero-order chi connectivity index (χ0) is 12.4. The van der Waals surface area contributed by atoms with E-state index in [1.165, 1.54) is 42.5 Å². The molecule has 1 aromatic carbocycles. The summed E-state index contributed by atoms with van der Waals surface area (Å²) in [4.78, 5) is 0. The van der Waals surface area contributed by atoms with Crippen LogP contribution in [0.2, 0.25) is 0 Å². The second-order valence-corrected chi connectivity index (χ2v) is 5.74. The lowest BCUT2D eigenvalue weighted by Crippen LogP contribution is -2.26. The number of rotatable bonds is 4. The van der Waals surface area contributed by atoms with Gasteiger partial charge in [0.2, 0.25) is 0 Å². The van der Waals surface area contributed by atoms with Crippen molar-refractivity contribution >= 4 is 0 Å². The number of benzene rings is 1. The lowest BCUT2D eigenvalue weighted by molar-refractivity contribution is 0.246. The van der Waals surface area contributed by atoms with Crippen LogP contribution in [-0.2, 0) is 0 Å². The third kappa shape index (κ3) is 2.71. The summed E-state index contributed by atoms with van der Waals surface area (Å²) in [5, 5.41) is 3.25. The largest absolute Gasteiger partial charge is 0.320 e. The van der Waals surface area contributed by atoms with E-state index in [2.05, 4.69) is 38.2 Å². The lowest BCUT2D eigenvalue weighted by atomic mass is 9.68. The Hall–Kier alpha value is -0.820. The highest BCUT2D eigenvalue weighted by Gasteiger charge is 2.31. The Kier molecular flexibility index (Phi) is 3.88. The van der Waals surface area contributed by atoms with Crippen LogP contribution in [-0.4, -0.2) is 13.6 Å². The van der Waals surface area contributed by atoms with Crippen LogP contribution in [0, 0.1) is 26.7 Å². The Balaban J connectivity index is 2.01. The minimum atomic E-state index is 0.831. The van der Waals surface area contributed by atoms with E-state index in [-0.39, 0.29) is 0 Å². The molecule has 0 atom stereocenters. The van der Waals surface area contributed by atoms with Crippen LogP contribution < -0.4 is 5.32 Å². The first-order valence-corrected chi connectivity index (χ1v) is 6.84. The van der Waals surface area contributed by atoms with Crippen LogP contribution in [0.1, 0.15) is 47.4 Å². The second kappa shape index (κ2) is 5.22. The predicted octanol–water partition coefficient (Wildman–Crippen LogP) is 3.71. The molecular formula is C16H25N. The summed E-state index contributed by atoms with van der Waals surface area (Å²) in [6.45, 7) is 7.91. The Morgan fingerprint density at radius 2 is 1.71 bits per heavy atom. The summed E-state index contributed by atoms with van der Waals surface area (Å²) >= 11 is 0. The van der Waals surface area contributed by atoms with Crippen molar-refractivity contribution in [3.63, 3.8) is 0 Å². The van der Waals surface area contributed by atoms with Gasteiger partial charge in [-0.3, -0.25) is 0 Å². The fourth-order valence-corrected chi connectivity index (χ4v) is 3.39. The summed E-state index contributed by atoms with van der Waals surface area (Å²) in [6.07, 6.45) is 4.13. The van der Waals surface area contributed by atoms with Gasteiger partial charge in [-0.05, 0) is 82.2 Å². The molecule has 94 valence electrons. The molecule has 17 heavy (non-hydrogen) atoms. The van der Waals surface area contributed by atoms with Gasteiger partial charge in [0.05, 0.1) is 0 Å². The van der Waals surface area contributed by atoms with Crippen LogP contribution in [0.3, 0.4) is 0 Å². The molecule has 1 heteroatoms. The molecule has 0 radical (unpaired) electrons. The first-order chi connectivity index (χ1) is 8.11. The smallest absolute Gasteiger partial charge is 0.00493 e. The monoisotopic (exact) mass is 231 g/mol. The van der Waals surface area contributed by atoms with Crippen molar-refractivity contribution in [2.45, 2.75) is 46.0 Å². The molecule has 0 spiro atoms.